The molecule has 9 heteroatoms. The molecule has 0 radical (unpaired) electrons. The highest BCUT2D eigenvalue weighted by molar-refractivity contribution is 7.22. The van der Waals surface area contributed by atoms with E-state index in [1.807, 2.05) is 43.4 Å². The second-order valence-electron chi connectivity index (χ2n) is 7.14. The molecule has 1 aromatic carbocycles. The summed E-state index contributed by atoms with van der Waals surface area (Å²) in [4.78, 5) is 27.2. The number of anilines is 1. The number of hydrogen-bond donors (Lipinski definition) is 2. The molecule has 8 nitrogen and oxygen atoms in total. The van der Waals surface area contributed by atoms with E-state index in [2.05, 4.69) is 20.1 Å². The van der Waals surface area contributed by atoms with Gasteiger partial charge in [0.25, 0.3) is 5.91 Å². The lowest BCUT2D eigenvalue weighted by Gasteiger charge is -2.31. The van der Waals surface area contributed by atoms with Crippen molar-refractivity contribution in [2.24, 2.45) is 7.05 Å². The van der Waals surface area contributed by atoms with Crippen LogP contribution in [0.15, 0.2) is 30.9 Å². The summed E-state index contributed by atoms with van der Waals surface area (Å²) in [5.74, 6) is -0.0114. The molecule has 5 rings (SSSR count). The van der Waals surface area contributed by atoms with Crippen molar-refractivity contribution in [1.29, 1.82) is 0 Å². The number of nitrogens with two attached hydrogens (primary N) is 1. The van der Waals surface area contributed by atoms with Crippen LogP contribution in [0.5, 0.6) is 0 Å². The number of fused-ring (bicyclic) bond motifs is 2. The molecule has 0 saturated carbocycles. The Hall–Kier alpha value is -3.20. The van der Waals surface area contributed by atoms with Crippen LogP contribution in [0.2, 0.25) is 0 Å². The number of carbonyl (C=O) groups is 1. The number of imidazole rings is 1. The molecule has 1 aliphatic heterocycles. The fraction of sp³-hybridized carbons (Fsp3) is 0.263. The van der Waals surface area contributed by atoms with Gasteiger partial charge in [-0.1, -0.05) is 11.3 Å². The number of carbonyl (C=O) groups excluding carboxylic acids is 1. The molecule has 0 saturated heterocycles. The van der Waals surface area contributed by atoms with Crippen LogP contribution in [0.4, 0.5) is 5.13 Å². The van der Waals surface area contributed by atoms with Crippen molar-refractivity contribution in [2.75, 3.05) is 12.3 Å². The zero-order chi connectivity index (χ0) is 19.4. The summed E-state index contributed by atoms with van der Waals surface area (Å²) >= 11 is 1.40. The van der Waals surface area contributed by atoms with Gasteiger partial charge in [-0.2, -0.15) is 5.10 Å². The summed E-state index contributed by atoms with van der Waals surface area (Å²) in [6.07, 6.45) is 5.51. The van der Waals surface area contributed by atoms with Crippen LogP contribution in [-0.2, 0) is 13.6 Å². The number of benzene rings is 1. The number of aromatic amines is 1. The molecule has 0 spiro atoms. The SMILES string of the molecule is Cc1cc(C(=O)N2Cc3[nH]cnc3C(c3cnn(C)c3)C2)cc2sc(N)nc12. The molecule has 1 unspecified atom stereocenters. The van der Waals surface area contributed by atoms with Gasteiger partial charge in [-0.3, -0.25) is 9.48 Å². The van der Waals surface area contributed by atoms with Gasteiger partial charge in [-0.25, -0.2) is 9.97 Å². The van der Waals surface area contributed by atoms with Crippen molar-refractivity contribution in [1.82, 2.24) is 29.6 Å². The van der Waals surface area contributed by atoms with Gasteiger partial charge in [0.1, 0.15) is 0 Å². The first-order valence-corrected chi connectivity index (χ1v) is 9.78. The number of amides is 1. The Morgan fingerprint density at radius 2 is 2.25 bits per heavy atom. The highest BCUT2D eigenvalue weighted by atomic mass is 32.1. The van der Waals surface area contributed by atoms with Gasteiger partial charge in [-0.15, -0.1) is 0 Å². The number of hydrogen-bond acceptors (Lipinski definition) is 6. The van der Waals surface area contributed by atoms with Crippen LogP contribution in [0, 0.1) is 6.92 Å². The molecule has 1 amide bonds. The third-order valence-corrected chi connectivity index (χ3v) is 6.03. The number of nitrogen functional groups attached to an aromatic ring is 1. The summed E-state index contributed by atoms with van der Waals surface area (Å²) in [6, 6.07) is 3.78. The van der Waals surface area contributed by atoms with E-state index in [0.29, 0.717) is 23.8 Å². The highest BCUT2D eigenvalue weighted by Gasteiger charge is 2.32. The molecule has 3 N–H and O–H groups in total. The Bertz CT molecular complexity index is 1200. The minimum absolute atomic E-state index is 0.00322. The van der Waals surface area contributed by atoms with E-state index in [-0.39, 0.29) is 11.8 Å². The third-order valence-electron chi connectivity index (χ3n) is 5.20. The highest BCUT2D eigenvalue weighted by Crippen LogP contribution is 2.33. The maximum atomic E-state index is 13.3. The predicted octanol–water partition coefficient (Wildman–Crippen LogP) is 2.43. The third kappa shape index (κ3) is 2.66. The molecule has 0 aliphatic carbocycles. The first-order chi connectivity index (χ1) is 13.5. The molecular formula is C19H19N7OS. The van der Waals surface area contributed by atoms with Gasteiger partial charge < -0.3 is 15.6 Å². The number of thiazole rings is 1. The van der Waals surface area contributed by atoms with E-state index in [9.17, 15) is 4.79 Å². The monoisotopic (exact) mass is 393 g/mol. The van der Waals surface area contributed by atoms with Crippen LogP contribution < -0.4 is 5.73 Å². The Kier molecular flexibility index (Phi) is 3.73. The minimum Gasteiger partial charge on any atom is -0.375 e. The summed E-state index contributed by atoms with van der Waals surface area (Å²) in [7, 11) is 1.89. The van der Waals surface area contributed by atoms with Gasteiger partial charge in [-0.05, 0) is 24.6 Å². The van der Waals surface area contributed by atoms with E-state index in [1.165, 1.54) is 11.3 Å². The molecule has 4 heterocycles. The zero-order valence-electron chi connectivity index (χ0n) is 15.5. The number of nitrogens with one attached hydrogen (secondary N) is 1. The largest absolute Gasteiger partial charge is 0.375 e. The van der Waals surface area contributed by atoms with Gasteiger partial charge >= 0.3 is 0 Å². The second-order valence-corrected chi connectivity index (χ2v) is 8.21. The molecule has 1 atom stereocenters. The van der Waals surface area contributed by atoms with E-state index < -0.39 is 0 Å². The van der Waals surface area contributed by atoms with E-state index in [4.69, 9.17) is 5.73 Å². The maximum Gasteiger partial charge on any atom is 0.254 e. The standard InChI is InChI=1S/C19H19N7OS/c1-10-3-11(4-15-16(10)24-19(20)28-15)18(27)26-7-13(12-5-23-25(2)6-12)17-14(8-26)21-9-22-17/h3-6,9,13H,7-8H2,1-2H3,(H2,20,24)(H,21,22). The lowest BCUT2D eigenvalue weighted by molar-refractivity contribution is 0.0722. The maximum absolute atomic E-state index is 13.3. The van der Waals surface area contributed by atoms with Crippen molar-refractivity contribution < 1.29 is 4.79 Å². The second kappa shape index (κ2) is 6.16. The Labute approximate surface area is 165 Å². The Balaban J connectivity index is 1.52. The molecule has 0 fully saturated rings. The number of aryl methyl sites for hydroxylation is 2. The average Bonchev–Trinajstić information content (AvgIpc) is 3.39. The normalized spacial score (nSPS) is 16.5. The van der Waals surface area contributed by atoms with E-state index >= 15 is 0 Å². The first-order valence-electron chi connectivity index (χ1n) is 8.96. The molecule has 142 valence electrons. The van der Waals surface area contributed by atoms with Crippen molar-refractivity contribution in [3.05, 3.63) is 58.9 Å². The van der Waals surface area contributed by atoms with E-state index in [0.717, 1.165) is 32.7 Å². The number of H-pyrrole nitrogens is 1. The molecular weight excluding hydrogens is 374 g/mol. The topological polar surface area (TPSA) is 106 Å². The fourth-order valence-electron chi connectivity index (χ4n) is 3.88. The van der Waals surface area contributed by atoms with E-state index in [1.54, 1.807) is 11.0 Å². The number of nitrogens with zero attached hydrogens (tertiary/aromatic N) is 5. The molecule has 28 heavy (non-hydrogen) atoms. The van der Waals surface area contributed by atoms with Gasteiger partial charge in [0.15, 0.2) is 5.13 Å². The summed E-state index contributed by atoms with van der Waals surface area (Å²) in [5.41, 5.74) is 11.3. The molecule has 3 aromatic heterocycles. The van der Waals surface area contributed by atoms with Crippen molar-refractivity contribution in [2.45, 2.75) is 19.4 Å². The zero-order valence-corrected chi connectivity index (χ0v) is 16.3. The van der Waals surface area contributed by atoms with Crippen LogP contribution in [0.1, 0.15) is 38.8 Å². The molecule has 0 bridgehead atoms. The summed E-state index contributed by atoms with van der Waals surface area (Å²) in [6.45, 7) is 3.02. The van der Waals surface area contributed by atoms with Crippen LogP contribution >= 0.6 is 11.3 Å². The smallest absolute Gasteiger partial charge is 0.254 e. The van der Waals surface area contributed by atoms with Crippen LogP contribution in [0.3, 0.4) is 0 Å². The van der Waals surface area contributed by atoms with Gasteiger partial charge in [0, 0.05) is 36.8 Å². The lowest BCUT2D eigenvalue weighted by atomic mass is 9.92. The molecule has 1 aliphatic rings. The Morgan fingerprint density at radius 1 is 1.39 bits per heavy atom. The fourth-order valence-corrected chi connectivity index (χ4v) is 4.73. The minimum atomic E-state index is -0.00823. The average molecular weight is 393 g/mol. The van der Waals surface area contributed by atoms with Crippen molar-refractivity contribution in [3.8, 4) is 0 Å². The number of aromatic nitrogens is 5. The Morgan fingerprint density at radius 3 is 3.04 bits per heavy atom. The van der Waals surface area contributed by atoms with Gasteiger partial charge in [0.2, 0.25) is 0 Å². The summed E-state index contributed by atoms with van der Waals surface area (Å²) in [5, 5.41) is 4.80. The van der Waals surface area contributed by atoms with Crippen LogP contribution in [-0.4, -0.2) is 42.1 Å². The van der Waals surface area contributed by atoms with Crippen molar-refractivity contribution >= 4 is 32.6 Å². The molecule has 4 aromatic rings. The number of rotatable bonds is 2. The van der Waals surface area contributed by atoms with Crippen LogP contribution in [0.25, 0.3) is 10.2 Å². The lowest BCUT2D eigenvalue weighted by Crippen LogP contribution is -2.38. The first kappa shape index (κ1) is 16.9. The quantitative estimate of drug-likeness (QED) is 0.544. The van der Waals surface area contributed by atoms with Crippen molar-refractivity contribution in [3.63, 3.8) is 0 Å². The summed E-state index contributed by atoms with van der Waals surface area (Å²) < 4.78 is 2.71. The van der Waals surface area contributed by atoms with Gasteiger partial charge in [0.05, 0.1) is 40.7 Å². The predicted molar refractivity (Wildman–Crippen MR) is 107 cm³/mol.